The second kappa shape index (κ2) is 4.50. The lowest BCUT2D eigenvalue weighted by molar-refractivity contribution is -0.137. The van der Waals surface area contributed by atoms with Crippen molar-refractivity contribution in [1.29, 1.82) is 0 Å². The van der Waals surface area contributed by atoms with Gasteiger partial charge in [-0.05, 0) is 46.5 Å². The van der Waals surface area contributed by atoms with Crippen molar-refractivity contribution in [2.75, 3.05) is 7.11 Å². The largest absolute Gasteiger partial charge is 0.496 e. The lowest BCUT2D eigenvalue weighted by Crippen LogP contribution is -2.14. The number of methoxy groups -OCH3 is 1. The van der Waals surface area contributed by atoms with Crippen LogP contribution in [0.3, 0.4) is 0 Å². The SMILES string of the molecule is COc1cc(Cl)cc(C2(CC(=O)O)CC2)c1Br. The number of rotatable bonds is 4. The first kappa shape index (κ1) is 12.7. The molecule has 2 rings (SSSR count). The van der Waals surface area contributed by atoms with E-state index in [-0.39, 0.29) is 11.8 Å². The quantitative estimate of drug-likeness (QED) is 0.922. The van der Waals surface area contributed by atoms with Gasteiger partial charge in [-0.25, -0.2) is 0 Å². The first-order valence-electron chi connectivity index (χ1n) is 5.24. The van der Waals surface area contributed by atoms with Gasteiger partial charge in [0.25, 0.3) is 0 Å². The molecular weight excluding hydrogens is 307 g/mol. The molecule has 0 radical (unpaired) electrons. The maximum atomic E-state index is 10.9. The molecule has 3 nitrogen and oxygen atoms in total. The predicted molar refractivity (Wildman–Crippen MR) is 68.9 cm³/mol. The number of ether oxygens (including phenoxy) is 1. The zero-order chi connectivity index (χ0) is 12.6. The zero-order valence-electron chi connectivity index (χ0n) is 9.30. The molecule has 0 amide bonds. The number of halogens is 2. The number of benzene rings is 1. The number of hydrogen-bond donors (Lipinski definition) is 1. The summed E-state index contributed by atoms with van der Waals surface area (Å²) in [7, 11) is 1.57. The van der Waals surface area contributed by atoms with Crippen LogP contribution in [0.2, 0.25) is 5.02 Å². The maximum absolute atomic E-state index is 10.9. The molecule has 5 heteroatoms. The van der Waals surface area contributed by atoms with E-state index in [0.29, 0.717) is 10.8 Å². The van der Waals surface area contributed by atoms with Crippen molar-refractivity contribution in [3.05, 3.63) is 27.2 Å². The highest BCUT2D eigenvalue weighted by Gasteiger charge is 2.47. The topological polar surface area (TPSA) is 46.5 Å². The zero-order valence-corrected chi connectivity index (χ0v) is 11.6. The van der Waals surface area contributed by atoms with E-state index in [2.05, 4.69) is 15.9 Å². The summed E-state index contributed by atoms with van der Waals surface area (Å²) in [6, 6.07) is 3.54. The van der Waals surface area contributed by atoms with Crippen molar-refractivity contribution >= 4 is 33.5 Å². The molecule has 0 aliphatic heterocycles. The number of carbonyl (C=O) groups is 1. The Bertz CT molecular complexity index is 469. The number of aliphatic carboxylic acids is 1. The van der Waals surface area contributed by atoms with Gasteiger partial charge < -0.3 is 9.84 Å². The van der Waals surface area contributed by atoms with Gasteiger partial charge in [0.15, 0.2) is 0 Å². The average molecular weight is 320 g/mol. The lowest BCUT2D eigenvalue weighted by Gasteiger charge is -2.17. The molecule has 0 spiro atoms. The van der Waals surface area contributed by atoms with Gasteiger partial charge in [0.1, 0.15) is 5.75 Å². The van der Waals surface area contributed by atoms with Crippen LogP contribution in [0.15, 0.2) is 16.6 Å². The average Bonchev–Trinajstić information content (AvgIpc) is 3.00. The molecule has 1 aromatic carbocycles. The molecule has 1 saturated carbocycles. The van der Waals surface area contributed by atoms with Gasteiger partial charge in [0, 0.05) is 10.4 Å². The third-order valence-corrected chi connectivity index (χ3v) is 4.17. The molecule has 92 valence electrons. The standard InChI is InChI=1S/C12H12BrClO3/c1-17-9-5-7(14)4-8(11(9)13)12(2-3-12)6-10(15)16/h4-5H,2-3,6H2,1H3,(H,15,16). The van der Waals surface area contributed by atoms with E-state index in [1.807, 2.05) is 6.07 Å². The molecule has 0 saturated heterocycles. The molecule has 1 fully saturated rings. The summed E-state index contributed by atoms with van der Waals surface area (Å²) in [6.07, 6.45) is 1.89. The van der Waals surface area contributed by atoms with Crippen LogP contribution in [0.5, 0.6) is 5.75 Å². The van der Waals surface area contributed by atoms with Gasteiger partial charge in [0.2, 0.25) is 0 Å². The molecule has 1 aromatic rings. The molecule has 1 N–H and O–H groups in total. The van der Waals surface area contributed by atoms with E-state index >= 15 is 0 Å². The summed E-state index contributed by atoms with van der Waals surface area (Å²) < 4.78 is 6.02. The second-order valence-electron chi connectivity index (χ2n) is 4.32. The van der Waals surface area contributed by atoms with Gasteiger partial charge in [-0.2, -0.15) is 0 Å². The van der Waals surface area contributed by atoms with Crippen molar-refractivity contribution in [3.63, 3.8) is 0 Å². The molecule has 17 heavy (non-hydrogen) atoms. The summed E-state index contributed by atoms with van der Waals surface area (Å²) in [5.74, 6) is -0.141. The van der Waals surface area contributed by atoms with Crippen molar-refractivity contribution in [1.82, 2.24) is 0 Å². The Morgan fingerprint density at radius 3 is 2.71 bits per heavy atom. The highest BCUT2D eigenvalue weighted by molar-refractivity contribution is 9.10. The van der Waals surface area contributed by atoms with Crippen LogP contribution in [0.1, 0.15) is 24.8 Å². The van der Waals surface area contributed by atoms with Crippen LogP contribution >= 0.6 is 27.5 Å². The predicted octanol–water partition coefficient (Wildman–Crippen LogP) is 3.62. The molecule has 0 atom stereocenters. The van der Waals surface area contributed by atoms with Crippen LogP contribution in [0.25, 0.3) is 0 Å². The Kier molecular flexibility index (Phi) is 3.36. The summed E-state index contributed by atoms with van der Waals surface area (Å²) in [5.41, 5.74) is 0.660. The van der Waals surface area contributed by atoms with Crippen LogP contribution in [-0.2, 0) is 10.2 Å². The van der Waals surface area contributed by atoms with Gasteiger partial charge in [-0.3, -0.25) is 4.79 Å². The van der Waals surface area contributed by atoms with Crippen LogP contribution in [-0.4, -0.2) is 18.2 Å². The molecule has 0 unspecified atom stereocenters. The van der Waals surface area contributed by atoms with E-state index in [9.17, 15) is 4.79 Å². The van der Waals surface area contributed by atoms with Gasteiger partial charge >= 0.3 is 5.97 Å². The van der Waals surface area contributed by atoms with Crippen LogP contribution in [0, 0.1) is 0 Å². The van der Waals surface area contributed by atoms with Crippen molar-refractivity contribution in [2.45, 2.75) is 24.7 Å². The highest BCUT2D eigenvalue weighted by atomic mass is 79.9. The number of carboxylic acid groups (broad SMARTS) is 1. The van der Waals surface area contributed by atoms with Gasteiger partial charge in [-0.1, -0.05) is 11.6 Å². The summed E-state index contributed by atoms with van der Waals surface area (Å²) >= 11 is 9.49. The van der Waals surface area contributed by atoms with E-state index < -0.39 is 5.97 Å². The molecule has 0 aromatic heterocycles. The van der Waals surface area contributed by atoms with Gasteiger partial charge in [-0.15, -0.1) is 0 Å². The smallest absolute Gasteiger partial charge is 0.304 e. The Hall–Kier alpha value is -0.740. The highest BCUT2D eigenvalue weighted by Crippen LogP contribution is 2.55. The first-order valence-corrected chi connectivity index (χ1v) is 6.41. The fourth-order valence-corrected chi connectivity index (χ4v) is 3.10. The number of carboxylic acids is 1. The minimum absolute atomic E-state index is 0.134. The normalized spacial score (nSPS) is 16.6. The van der Waals surface area contributed by atoms with Gasteiger partial charge in [0.05, 0.1) is 18.0 Å². The molecule has 0 bridgehead atoms. The fourth-order valence-electron chi connectivity index (χ4n) is 2.08. The lowest BCUT2D eigenvalue weighted by atomic mass is 9.92. The van der Waals surface area contributed by atoms with Crippen molar-refractivity contribution < 1.29 is 14.6 Å². The fraction of sp³-hybridized carbons (Fsp3) is 0.417. The van der Waals surface area contributed by atoms with Crippen molar-refractivity contribution in [2.24, 2.45) is 0 Å². The molecular formula is C12H12BrClO3. The molecule has 0 heterocycles. The van der Waals surface area contributed by atoms with Crippen LogP contribution in [0.4, 0.5) is 0 Å². The Balaban J connectivity index is 2.45. The van der Waals surface area contributed by atoms with E-state index in [0.717, 1.165) is 22.9 Å². The first-order chi connectivity index (χ1) is 7.98. The minimum atomic E-state index is -0.784. The molecule has 1 aliphatic rings. The van der Waals surface area contributed by atoms with Crippen molar-refractivity contribution in [3.8, 4) is 5.75 Å². The Morgan fingerprint density at radius 2 is 2.24 bits per heavy atom. The Morgan fingerprint density at radius 1 is 1.59 bits per heavy atom. The summed E-state index contributed by atoms with van der Waals surface area (Å²) in [6.45, 7) is 0. The van der Waals surface area contributed by atoms with E-state index in [1.54, 1.807) is 13.2 Å². The van der Waals surface area contributed by atoms with E-state index in [1.165, 1.54) is 0 Å². The Labute approximate surface area is 113 Å². The minimum Gasteiger partial charge on any atom is -0.496 e. The third kappa shape index (κ3) is 2.43. The second-order valence-corrected chi connectivity index (χ2v) is 5.55. The third-order valence-electron chi connectivity index (χ3n) is 3.14. The summed E-state index contributed by atoms with van der Waals surface area (Å²) in [4.78, 5) is 10.9. The maximum Gasteiger partial charge on any atom is 0.304 e. The molecule has 1 aliphatic carbocycles. The summed E-state index contributed by atoms with van der Waals surface area (Å²) in [5, 5.41) is 9.52. The van der Waals surface area contributed by atoms with E-state index in [4.69, 9.17) is 21.4 Å². The van der Waals surface area contributed by atoms with Crippen LogP contribution < -0.4 is 4.74 Å². The monoisotopic (exact) mass is 318 g/mol. The number of hydrogen-bond acceptors (Lipinski definition) is 2.